The predicted octanol–water partition coefficient (Wildman–Crippen LogP) is 7.52. The molecule has 0 radical (unpaired) electrons. The average molecular weight is 436 g/mol. The molecule has 0 aliphatic heterocycles. The van der Waals surface area contributed by atoms with Crippen LogP contribution in [-0.4, -0.2) is 13.7 Å². The summed E-state index contributed by atoms with van der Waals surface area (Å²) in [4.78, 5) is 0. The molecule has 0 spiro atoms. The molecule has 1 aliphatic rings. The Morgan fingerprint density at radius 1 is 1.25 bits per heavy atom. The monoisotopic (exact) mass is 435 g/mol. The van der Waals surface area contributed by atoms with Gasteiger partial charge in [-0.3, -0.25) is 0 Å². The maximum Gasteiger partial charge on any atom is 0.165 e. The molecule has 0 saturated carbocycles. The lowest BCUT2D eigenvalue weighted by atomic mass is 9.72. The van der Waals surface area contributed by atoms with E-state index in [0.717, 1.165) is 24.9 Å². The molecule has 0 fully saturated rings. The normalized spacial score (nSPS) is 19.7. The van der Waals surface area contributed by atoms with E-state index in [1.54, 1.807) is 6.07 Å². The molecule has 3 heteroatoms. The Labute approximate surface area is 193 Å². The molecule has 3 unspecified atom stereocenters. The van der Waals surface area contributed by atoms with Gasteiger partial charge in [0.2, 0.25) is 0 Å². The Morgan fingerprint density at radius 2 is 2.06 bits per heavy atom. The molecule has 1 N–H and O–H groups in total. The Balaban J connectivity index is 1.59. The molecule has 1 aliphatic carbocycles. The standard InChI is InChI=1S/C29H38FNO/c1-5-10-23(11-6-2)27-19-22(18-25-13-7-8-14-26(25)27)12-9-17-31-21(3)24-15-16-28(30)29(20-24)32-4/h5,7-8,10-11,13-16,20-22,27,31H,6,9,12,17-19H2,1-4H3. The van der Waals surface area contributed by atoms with E-state index in [1.807, 2.05) is 6.07 Å². The molecule has 0 amide bonds. The summed E-state index contributed by atoms with van der Waals surface area (Å²) in [6, 6.07) is 14.3. The van der Waals surface area contributed by atoms with Gasteiger partial charge in [-0.05, 0) is 92.8 Å². The maximum absolute atomic E-state index is 13.7. The minimum Gasteiger partial charge on any atom is -0.494 e. The first-order valence-electron chi connectivity index (χ1n) is 12.0. The third-order valence-corrected chi connectivity index (χ3v) is 6.62. The third kappa shape index (κ3) is 6.10. The van der Waals surface area contributed by atoms with Gasteiger partial charge in [-0.2, -0.15) is 0 Å². The van der Waals surface area contributed by atoms with E-state index in [0.29, 0.717) is 17.6 Å². The SMILES string of the molecule is CC=CC(=CCC)C1CC(CCCNC(C)c2ccc(F)c(OC)c2)Cc2ccccc21. The zero-order chi connectivity index (χ0) is 22.9. The van der Waals surface area contributed by atoms with Crippen LogP contribution in [0.2, 0.25) is 0 Å². The fourth-order valence-corrected chi connectivity index (χ4v) is 4.98. The van der Waals surface area contributed by atoms with Gasteiger partial charge in [0.15, 0.2) is 11.6 Å². The fraction of sp³-hybridized carbons (Fsp3) is 0.448. The molecule has 32 heavy (non-hydrogen) atoms. The molecule has 2 aromatic rings. The van der Waals surface area contributed by atoms with Crippen molar-refractivity contribution < 1.29 is 9.13 Å². The first-order chi connectivity index (χ1) is 15.6. The van der Waals surface area contributed by atoms with Crippen molar-refractivity contribution >= 4 is 0 Å². The Hall–Kier alpha value is -2.39. The number of hydrogen-bond donors (Lipinski definition) is 1. The van der Waals surface area contributed by atoms with Crippen LogP contribution >= 0.6 is 0 Å². The van der Waals surface area contributed by atoms with E-state index in [9.17, 15) is 4.39 Å². The lowest BCUT2D eigenvalue weighted by Crippen LogP contribution is -2.23. The summed E-state index contributed by atoms with van der Waals surface area (Å²) in [6.45, 7) is 7.41. The van der Waals surface area contributed by atoms with Crippen molar-refractivity contribution in [3.05, 3.63) is 88.8 Å². The first-order valence-corrected chi connectivity index (χ1v) is 12.0. The summed E-state index contributed by atoms with van der Waals surface area (Å²) in [5.74, 6) is 1.19. The second-order valence-corrected chi connectivity index (χ2v) is 8.88. The van der Waals surface area contributed by atoms with Gasteiger partial charge in [0.05, 0.1) is 7.11 Å². The lowest BCUT2D eigenvalue weighted by Gasteiger charge is -2.33. The minimum atomic E-state index is -0.315. The molecular formula is C29H38FNO. The number of allylic oxidation sites excluding steroid dienone is 4. The van der Waals surface area contributed by atoms with Crippen LogP contribution in [-0.2, 0) is 6.42 Å². The molecule has 2 nitrogen and oxygen atoms in total. The van der Waals surface area contributed by atoms with E-state index in [1.165, 1.54) is 49.1 Å². The number of ether oxygens (including phenoxy) is 1. The van der Waals surface area contributed by atoms with Crippen LogP contribution in [0.25, 0.3) is 0 Å². The molecule has 2 aromatic carbocycles. The van der Waals surface area contributed by atoms with Gasteiger partial charge in [0.25, 0.3) is 0 Å². The molecule has 0 bridgehead atoms. The highest BCUT2D eigenvalue weighted by Crippen LogP contribution is 2.41. The number of benzene rings is 2. The summed E-state index contributed by atoms with van der Waals surface area (Å²) in [7, 11) is 1.51. The van der Waals surface area contributed by atoms with Crippen molar-refractivity contribution in [3.8, 4) is 5.75 Å². The van der Waals surface area contributed by atoms with Crippen molar-refractivity contribution in [1.29, 1.82) is 0 Å². The van der Waals surface area contributed by atoms with Crippen LogP contribution in [0.1, 0.15) is 75.1 Å². The maximum atomic E-state index is 13.7. The van der Waals surface area contributed by atoms with E-state index < -0.39 is 0 Å². The van der Waals surface area contributed by atoms with Gasteiger partial charge < -0.3 is 10.1 Å². The van der Waals surface area contributed by atoms with Crippen molar-refractivity contribution in [2.75, 3.05) is 13.7 Å². The molecule has 3 rings (SSSR count). The van der Waals surface area contributed by atoms with E-state index in [2.05, 4.69) is 68.6 Å². The zero-order valence-electron chi connectivity index (χ0n) is 20.0. The largest absolute Gasteiger partial charge is 0.494 e. The first kappa shape index (κ1) is 24.3. The fourth-order valence-electron chi connectivity index (χ4n) is 4.98. The Bertz CT molecular complexity index is 933. The second kappa shape index (κ2) is 12.0. The van der Waals surface area contributed by atoms with Gasteiger partial charge in [0, 0.05) is 12.0 Å². The molecule has 0 aromatic heterocycles. The van der Waals surface area contributed by atoms with Crippen LogP contribution in [0.5, 0.6) is 5.75 Å². The zero-order valence-corrected chi connectivity index (χ0v) is 20.0. The summed E-state index contributed by atoms with van der Waals surface area (Å²) in [5.41, 5.74) is 5.54. The quantitative estimate of drug-likeness (QED) is 0.308. The Kier molecular flexibility index (Phi) is 9.11. The van der Waals surface area contributed by atoms with Crippen molar-refractivity contribution in [2.24, 2.45) is 5.92 Å². The third-order valence-electron chi connectivity index (χ3n) is 6.62. The number of nitrogens with one attached hydrogen (secondary N) is 1. The molecule has 3 atom stereocenters. The van der Waals surface area contributed by atoms with Crippen LogP contribution in [0.3, 0.4) is 0 Å². The summed E-state index contributed by atoms with van der Waals surface area (Å²) in [6.07, 6.45) is 12.7. The Morgan fingerprint density at radius 3 is 2.81 bits per heavy atom. The number of rotatable bonds is 10. The van der Waals surface area contributed by atoms with Gasteiger partial charge in [-0.25, -0.2) is 4.39 Å². The van der Waals surface area contributed by atoms with Crippen LogP contribution in [0.15, 0.2) is 66.3 Å². The molecular weight excluding hydrogens is 397 g/mol. The predicted molar refractivity (Wildman–Crippen MR) is 133 cm³/mol. The number of halogens is 1. The van der Waals surface area contributed by atoms with Crippen LogP contribution in [0, 0.1) is 11.7 Å². The number of hydrogen-bond acceptors (Lipinski definition) is 2. The van der Waals surface area contributed by atoms with Crippen molar-refractivity contribution in [1.82, 2.24) is 5.32 Å². The number of methoxy groups -OCH3 is 1. The topological polar surface area (TPSA) is 21.3 Å². The van der Waals surface area contributed by atoms with E-state index in [-0.39, 0.29) is 11.9 Å². The molecule has 0 heterocycles. The van der Waals surface area contributed by atoms with Crippen molar-refractivity contribution in [2.45, 2.75) is 64.8 Å². The molecule has 172 valence electrons. The van der Waals surface area contributed by atoms with Gasteiger partial charge >= 0.3 is 0 Å². The summed E-state index contributed by atoms with van der Waals surface area (Å²) in [5, 5.41) is 3.60. The average Bonchev–Trinajstić information content (AvgIpc) is 2.81. The van der Waals surface area contributed by atoms with Crippen LogP contribution in [0.4, 0.5) is 4.39 Å². The highest BCUT2D eigenvalue weighted by Gasteiger charge is 2.28. The van der Waals surface area contributed by atoms with Crippen molar-refractivity contribution in [3.63, 3.8) is 0 Å². The van der Waals surface area contributed by atoms with Crippen LogP contribution < -0.4 is 10.1 Å². The van der Waals surface area contributed by atoms with Gasteiger partial charge in [0.1, 0.15) is 0 Å². The van der Waals surface area contributed by atoms with E-state index >= 15 is 0 Å². The highest BCUT2D eigenvalue weighted by molar-refractivity contribution is 5.42. The van der Waals surface area contributed by atoms with Gasteiger partial charge in [-0.15, -0.1) is 0 Å². The highest BCUT2D eigenvalue weighted by atomic mass is 19.1. The second-order valence-electron chi connectivity index (χ2n) is 8.88. The van der Waals surface area contributed by atoms with Gasteiger partial charge in [-0.1, -0.05) is 55.5 Å². The summed E-state index contributed by atoms with van der Waals surface area (Å²) < 4.78 is 18.8. The smallest absolute Gasteiger partial charge is 0.165 e. The minimum absolute atomic E-state index is 0.165. The number of fused-ring (bicyclic) bond motifs is 1. The van der Waals surface area contributed by atoms with E-state index in [4.69, 9.17) is 4.74 Å². The summed E-state index contributed by atoms with van der Waals surface area (Å²) >= 11 is 0. The molecule has 0 saturated heterocycles. The lowest BCUT2D eigenvalue weighted by molar-refractivity contribution is 0.379.